The highest BCUT2D eigenvalue weighted by Crippen LogP contribution is 2.34. The number of carboxylic acids is 3. The summed E-state index contributed by atoms with van der Waals surface area (Å²) < 4.78 is 0. The fraction of sp³-hybridized carbons (Fsp3) is 0.133. The van der Waals surface area contributed by atoms with E-state index in [1.165, 1.54) is 48.6 Å². The zero-order chi connectivity index (χ0) is 15.6. The lowest BCUT2D eigenvalue weighted by atomic mass is 9.74. The smallest absolute Gasteiger partial charge is 0.336 e. The van der Waals surface area contributed by atoms with Gasteiger partial charge in [0.25, 0.3) is 0 Å². The fourth-order valence-electron chi connectivity index (χ4n) is 2.26. The minimum Gasteiger partial charge on any atom is -0.481 e. The Hall–Kier alpha value is -2.89. The van der Waals surface area contributed by atoms with Gasteiger partial charge in [0.05, 0.1) is 11.5 Å². The van der Waals surface area contributed by atoms with Crippen molar-refractivity contribution in [2.45, 2.75) is 5.41 Å². The minimum atomic E-state index is -1.68. The maximum atomic E-state index is 11.7. The van der Waals surface area contributed by atoms with Crippen molar-refractivity contribution < 1.29 is 29.7 Å². The first-order valence-corrected chi connectivity index (χ1v) is 6.06. The molecule has 0 spiro atoms. The summed E-state index contributed by atoms with van der Waals surface area (Å²) in [5.74, 6) is -4.54. The van der Waals surface area contributed by atoms with Crippen molar-refractivity contribution in [3.05, 3.63) is 59.7 Å². The Balaban J connectivity index is 2.60. The van der Waals surface area contributed by atoms with Crippen molar-refractivity contribution >= 4 is 17.9 Å². The number of carboxylic acid groups (broad SMARTS) is 3. The number of hydrogen-bond donors (Lipinski definition) is 3. The summed E-state index contributed by atoms with van der Waals surface area (Å²) in [6, 6.07) is 5.76. The lowest BCUT2D eigenvalue weighted by Gasteiger charge is -2.27. The molecule has 0 aliphatic heterocycles. The maximum Gasteiger partial charge on any atom is 0.336 e. The van der Waals surface area contributed by atoms with Crippen LogP contribution in [0.25, 0.3) is 0 Å². The molecule has 0 saturated heterocycles. The topological polar surface area (TPSA) is 112 Å². The quantitative estimate of drug-likeness (QED) is 0.724. The van der Waals surface area contributed by atoms with Gasteiger partial charge < -0.3 is 15.3 Å². The van der Waals surface area contributed by atoms with Crippen LogP contribution in [0.4, 0.5) is 0 Å². The van der Waals surface area contributed by atoms with Crippen LogP contribution in [-0.4, -0.2) is 33.2 Å². The van der Waals surface area contributed by atoms with Gasteiger partial charge in [-0.05, 0) is 11.6 Å². The van der Waals surface area contributed by atoms with Crippen LogP contribution in [0.2, 0.25) is 0 Å². The average Bonchev–Trinajstić information content (AvgIpc) is 2.47. The third kappa shape index (κ3) is 2.43. The fourth-order valence-corrected chi connectivity index (χ4v) is 2.26. The second-order valence-corrected chi connectivity index (χ2v) is 4.61. The van der Waals surface area contributed by atoms with E-state index in [9.17, 15) is 24.6 Å². The largest absolute Gasteiger partial charge is 0.481 e. The van der Waals surface area contributed by atoms with Gasteiger partial charge in [0.2, 0.25) is 0 Å². The second-order valence-electron chi connectivity index (χ2n) is 4.61. The normalized spacial score (nSPS) is 23.7. The first-order chi connectivity index (χ1) is 9.88. The summed E-state index contributed by atoms with van der Waals surface area (Å²) in [7, 11) is 0. The van der Waals surface area contributed by atoms with Crippen molar-refractivity contribution in [1.82, 2.24) is 0 Å². The SMILES string of the molecule is O=C(O)c1ccccc1C1(C(=O)O)C=CC(C(=O)O)C=C1. The first kappa shape index (κ1) is 14.5. The van der Waals surface area contributed by atoms with E-state index in [4.69, 9.17) is 5.11 Å². The van der Waals surface area contributed by atoms with Gasteiger partial charge >= 0.3 is 17.9 Å². The van der Waals surface area contributed by atoms with Crippen LogP contribution in [-0.2, 0) is 15.0 Å². The van der Waals surface area contributed by atoms with E-state index < -0.39 is 29.2 Å². The van der Waals surface area contributed by atoms with Crippen LogP contribution in [0.3, 0.4) is 0 Å². The van der Waals surface area contributed by atoms with Gasteiger partial charge in [-0.2, -0.15) is 0 Å². The van der Waals surface area contributed by atoms with Crippen LogP contribution in [0, 0.1) is 5.92 Å². The van der Waals surface area contributed by atoms with Gasteiger partial charge in [-0.3, -0.25) is 9.59 Å². The van der Waals surface area contributed by atoms with Gasteiger partial charge in [0.1, 0.15) is 5.41 Å². The van der Waals surface area contributed by atoms with E-state index in [2.05, 4.69) is 0 Å². The molecule has 108 valence electrons. The molecule has 0 radical (unpaired) electrons. The van der Waals surface area contributed by atoms with Crippen LogP contribution in [0.5, 0.6) is 0 Å². The molecule has 0 amide bonds. The Kier molecular flexibility index (Phi) is 3.62. The van der Waals surface area contributed by atoms with Gasteiger partial charge in [0.15, 0.2) is 0 Å². The molecular formula is C15H12O6. The highest BCUT2D eigenvalue weighted by molar-refractivity contribution is 5.96. The van der Waals surface area contributed by atoms with E-state index in [1.54, 1.807) is 0 Å². The van der Waals surface area contributed by atoms with Crippen LogP contribution < -0.4 is 0 Å². The summed E-state index contributed by atoms with van der Waals surface area (Å²) in [4.78, 5) is 33.9. The van der Waals surface area contributed by atoms with E-state index in [-0.39, 0.29) is 11.1 Å². The molecule has 21 heavy (non-hydrogen) atoms. The summed E-state index contributed by atoms with van der Waals surface area (Å²) in [6.45, 7) is 0. The van der Waals surface area contributed by atoms with Gasteiger partial charge in [-0.15, -0.1) is 0 Å². The van der Waals surface area contributed by atoms with Crippen molar-refractivity contribution in [3.63, 3.8) is 0 Å². The number of benzene rings is 1. The molecule has 0 aromatic heterocycles. The van der Waals surface area contributed by atoms with E-state index in [0.29, 0.717) is 0 Å². The average molecular weight is 288 g/mol. The van der Waals surface area contributed by atoms with E-state index in [0.717, 1.165) is 0 Å². The zero-order valence-corrected chi connectivity index (χ0v) is 10.8. The molecule has 1 aliphatic rings. The number of aromatic carboxylic acids is 1. The zero-order valence-electron chi connectivity index (χ0n) is 10.8. The van der Waals surface area contributed by atoms with Crippen LogP contribution >= 0.6 is 0 Å². The summed E-state index contributed by atoms with van der Waals surface area (Å²) >= 11 is 0. The first-order valence-electron chi connectivity index (χ1n) is 6.06. The Morgan fingerprint density at radius 1 is 0.952 bits per heavy atom. The van der Waals surface area contributed by atoms with Crippen LogP contribution in [0.1, 0.15) is 15.9 Å². The standard InChI is InChI=1S/C15H12O6/c16-12(17)9-5-7-15(8-6-9,14(20)21)11-4-2-1-3-10(11)13(18)19/h1-9H,(H,16,17)(H,18,19)(H,20,21). The number of rotatable bonds is 4. The number of hydrogen-bond acceptors (Lipinski definition) is 3. The molecular weight excluding hydrogens is 276 g/mol. The molecule has 0 heterocycles. The number of aliphatic carboxylic acids is 2. The molecule has 6 nitrogen and oxygen atoms in total. The molecule has 6 heteroatoms. The van der Waals surface area contributed by atoms with Crippen molar-refractivity contribution in [2.75, 3.05) is 0 Å². The molecule has 0 atom stereocenters. The monoisotopic (exact) mass is 288 g/mol. The molecule has 3 N–H and O–H groups in total. The Morgan fingerprint density at radius 2 is 1.52 bits per heavy atom. The minimum absolute atomic E-state index is 0.0846. The molecule has 0 saturated carbocycles. The van der Waals surface area contributed by atoms with E-state index >= 15 is 0 Å². The van der Waals surface area contributed by atoms with Gasteiger partial charge in [0, 0.05) is 0 Å². The van der Waals surface area contributed by atoms with Crippen molar-refractivity contribution in [2.24, 2.45) is 5.92 Å². The summed E-state index contributed by atoms with van der Waals surface area (Å²) in [5, 5.41) is 27.6. The predicted molar refractivity (Wildman–Crippen MR) is 72.1 cm³/mol. The van der Waals surface area contributed by atoms with Gasteiger partial charge in [-0.25, -0.2) is 4.79 Å². The molecule has 1 aromatic carbocycles. The lowest BCUT2D eigenvalue weighted by Crippen LogP contribution is -2.35. The predicted octanol–water partition coefficient (Wildman–Crippen LogP) is 1.53. The molecule has 1 aliphatic carbocycles. The highest BCUT2D eigenvalue weighted by atomic mass is 16.4. The Bertz CT molecular complexity index is 656. The van der Waals surface area contributed by atoms with E-state index in [1.807, 2.05) is 0 Å². The molecule has 0 fully saturated rings. The molecule has 0 unspecified atom stereocenters. The molecule has 0 bridgehead atoms. The maximum absolute atomic E-state index is 11.7. The van der Waals surface area contributed by atoms with Crippen LogP contribution in [0.15, 0.2) is 48.6 Å². The van der Waals surface area contributed by atoms with Crippen molar-refractivity contribution in [1.29, 1.82) is 0 Å². The third-order valence-corrected chi connectivity index (χ3v) is 3.38. The lowest BCUT2D eigenvalue weighted by molar-refractivity contribution is -0.141. The van der Waals surface area contributed by atoms with Gasteiger partial charge in [-0.1, -0.05) is 42.5 Å². The summed E-state index contributed by atoms with van der Waals surface area (Å²) in [5.41, 5.74) is -1.73. The second kappa shape index (κ2) is 5.24. The number of carbonyl (C=O) groups is 3. The molecule has 1 aromatic rings. The molecule has 2 rings (SSSR count). The van der Waals surface area contributed by atoms with Crippen molar-refractivity contribution in [3.8, 4) is 0 Å². The third-order valence-electron chi connectivity index (χ3n) is 3.38. The summed E-state index contributed by atoms with van der Waals surface area (Å²) in [6.07, 6.45) is 4.93. The highest BCUT2D eigenvalue weighted by Gasteiger charge is 2.40. The Labute approximate surface area is 119 Å². The Morgan fingerprint density at radius 3 is 2.00 bits per heavy atom.